The first-order chi connectivity index (χ1) is 17.6. The van der Waals surface area contributed by atoms with E-state index in [-0.39, 0.29) is 10.8 Å². The Bertz CT molecular complexity index is 1540. The Morgan fingerprint density at radius 2 is 1.53 bits per heavy atom. The first-order valence-corrected chi connectivity index (χ1v) is 12.5. The second-order valence-corrected chi connectivity index (χ2v) is 9.39. The van der Waals surface area contributed by atoms with Crippen LogP contribution in [0, 0.1) is 0 Å². The highest BCUT2D eigenvalue weighted by atomic mass is 32.2. The van der Waals surface area contributed by atoms with Crippen molar-refractivity contribution in [3.05, 3.63) is 120 Å². The molecule has 0 saturated heterocycles. The fourth-order valence-corrected chi connectivity index (χ4v) is 4.39. The lowest BCUT2D eigenvalue weighted by Crippen LogP contribution is -2.11. The molecule has 0 aliphatic carbocycles. The van der Waals surface area contributed by atoms with Crippen LogP contribution in [0.4, 0.5) is 0 Å². The van der Waals surface area contributed by atoms with E-state index in [1.54, 1.807) is 42.6 Å². The zero-order valence-electron chi connectivity index (χ0n) is 19.0. The third-order valence-electron chi connectivity index (χ3n) is 5.25. The summed E-state index contributed by atoms with van der Waals surface area (Å²) in [6.45, 7) is 0.418. The Hall–Kier alpha value is -4.50. The predicted octanol–water partition coefficient (Wildman–Crippen LogP) is 5.07. The number of pyridine rings is 2. The van der Waals surface area contributed by atoms with Crippen molar-refractivity contribution in [2.45, 2.75) is 17.9 Å². The minimum Gasteiger partial charge on any atom is -0.473 e. The number of rotatable bonds is 9. The molecule has 0 unspecified atom stereocenters. The van der Waals surface area contributed by atoms with Crippen LogP contribution in [0.1, 0.15) is 16.8 Å². The Morgan fingerprint density at radius 3 is 2.31 bits per heavy atom. The van der Waals surface area contributed by atoms with Crippen molar-refractivity contribution < 1.29 is 21.9 Å². The van der Waals surface area contributed by atoms with Gasteiger partial charge in [0.2, 0.25) is 11.8 Å². The Kier molecular flexibility index (Phi) is 6.72. The highest BCUT2D eigenvalue weighted by Gasteiger charge is 2.21. The lowest BCUT2D eigenvalue weighted by molar-refractivity contribution is 0.294. The summed E-state index contributed by atoms with van der Waals surface area (Å²) in [6.07, 6.45) is 3.67. The van der Waals surface area contributed by atoms with Crippen molar-refractivity contribution in [3.8, 4) is 23.1 Å². The number of aromatic nitrogens is 3. The molecule has 2 aromatic carbocycles. The van der Waals surface area contributed by atoms with Gasteiger partial charge in [-0.2, -0.15) is 8.42 Å². The summed E-state index contributed by atoms with van der Waals surface area (Å²) in [5, 5.41) is 4.14. The Morgan fingerprint density at radius 1 is 0.778 bits per heavy atom. The number of ether oxygens (including phenoxy) is 1. The number of benzene rings is 2. The highest BCUT2D eigenvalue weighted by Crippen LogP contribution is 2.31. The van der Waals surface area contributed by atoms with E-state index in [2.05, 4.69) is 15.1 Å². The smallest absolute Gasteiger partial charge is 0.340 e. The van der Waals surface area contributed by atoms with E-state index in [1.807, 2.05) is 42.5 Å². The molecule has 180 valence electrons. The van der Waals surface area contributed by atoms with Crippen molar-refractivity contribution in [2.24, 2.45) is 0 Å². The molecule has 0 spiro atoms. The zero-order chi connectivity index (χ0) is 24.8. The van der Waals surface area contributed by atoms with Crippen LogP contribution in [0.25, 0.3) is 11.3 Å². The van der Waals surface area contributed by atoms with Gasteiger partial charge in [-0.1, -0.05) is 53.7 Å². The number of hydrogen-bond acceptors (Lipinski definition) is 8. The van der Waals surface area contributed by atoms with Crippen molar-refractivity contribution in [1.29, 1.82) is 0 Å². The van der Waals surface area contributed by atoms with Gasteiger partial charge in [0.05, 0.1) is 11.3 Å². The lowest BCUT2D eigenvalue weighted by atomic mass is 10.1. The van der Waals surface area contributed by atoms with Crippen LogP contribution < -0.4 is 8.92 Å². The van der Waals surface area contributed by atoms with Crippen LogP contribution in [0.3, 0.4) is 0 Å². The standard InChI is InChI=1S/C27H21N3O5S/c31-36(32,23-7-2-1-3-8-23)35-27-24(9-6-16-29-27)25-18-22(30-34-25)17-20-11-13-21(14-12-20)19-33-26-10-4-5-15-28-26/h1-16,18H,17,19H2. The molecular weight excluding hydrogens is 478 g/mol. The van der Waals surface area contributed by atoms with Crippen molar-refractivity contribution >= 4 is 10.1 Å². The molecule has 0 fully saturated rings. The maximum atomic E-state index is 12.7. The van der Waals surface area contributed by atoms with E-state index >= 15 is 0 Å². The Balaban J connectivity index is 1.27. The molecule has 0 radical (unpaired) electrons. The summed E-state index contributed by atoms with van der Waals surface area (Å²) in [5.41, 5.74) is 3.12. The van der Waals surface area contributed by atoms with E-state index < -0.39 is 10.1 Å². The first kappa shape index (κ1) is 23.3. The van der Waals surface area contributed by atoms with E-state index in [1.165, 1.54) is 18.3 Å². The van der Waals surface area contributed by atoms with Crippen molar-refractivity contribution in [1.82, 2.24) is 15.1 Å². The SMILES string of the molecule is O=S(=O)(Oc1ncccc1-c1cc(Cc2ccc(COc3ccccn3)cc2)no1)c1ccccc1. The van der Waals surface area contributed by atoms with Gasteiger partial charge >= 0.3 is 10.1 Å². The van der Waals surface area contributed by atoms with Gasteiger partial charge < -0.3 is 13.4 Å². The average molecular weight is 500 g/mol. The summed E-state index contributed by atoms with van der Waals surface area (Å²) < 4.78 is 41.8. The molecule has 3 heterocycles. The minimum absolute atomic E-state index is 0.0359. The largest absolute Gasteiger partial charge is 0.473 e. The summed E-state index contributed by atoms with van der Waals surface area (Å²) in [7, 11) is -4.05. The molecule has 9 heteroatoms. The Labute approximate surface area is 208 Å². The maximum absolute atomic E-state index is 12.7. The molecule has 5 rings (SSSR count). The van der Waals surface area contributed by atoms with Gasteiger partial charge in [0, 0.05) is 30.9 Å². The van der Waals surface area contributed by atoms with E-state index in [4.69, 9.17) is 13.4 Å². The van der Waals surface area contributed by atoms with E-state index in [0.717, 1.165) is 11.1 Å². The third kappa shape index (κ3) is 5.59. The normalized spacial score (nSPS) is 11.2. The molecule has 0 saturated carbocycles. The van der Waals surface area contributed by atoms with Crippen LogP contribution in [-0.4, -0.2) is 23.5 Å². The van der Waals surface area contributed by atoms with Crippen molar-refractivity contribution in [3.63, 3.8) is 0 Å². The second-order valence-electron chi connectivity index (χ2n) is 7.84. The average Bonchev–Trinajstić information content (AvgIpc) is 3.38. The molecule has 8 nitrogen and oxygen atoms in total. The van der Waals surface area contributed by atoms with Gasteiger partial charge in [-0.3, -0.25) is 0 Å². The fourth-order valence-electron chi connectivity index (χ4n) is 3.46. The molecule has 0 amide bonds. The molecule has 0 aliphatic rings. The highest BCUT2D eigenvalue weighted by molar-refractivity contribution is 7.87. The minimum atomic E-state index is -4.05. The van der Waals surface area contributed by atoms with E-state index in [0.29, 0.717) is 35.9 Å². The summed E-state index contributed by atoms with van der Waals surface area (Å²) in [6, 6.07) is 26.5. The van der Waals surface area contributed by atoms with Crippen LogP contribution in [0.2, 0.25) is 0 Å². The molecule has 3 aromatic heterocycles. The lowest BCUT2D eigenvalue weighted by Gasteiger charge is -2.08. The van der Waals surface area contributed by atoms with Crippen LogP contribution in [-0.2, 0) is 23.1 Å². The topological polar surface area (TPSA) is 104 Å². The van der Waals surface area contributed by atoms with Gasteiger partial charge in [-0.25, -0.2) is 9.97 Å². The molecule has 0 aliphatic heterocycles. The van der Waals surface area contributed by atoms with Crippen LogP contribution >= 0.6 is 0 Å². The number of hydrogen-bond donors (Lipinski definition) is 0. The van der Waals surface area contributed by atoms with Crippen molar-refractivity contribution in [2.75, 3.05) is 0 Å². The van der Waals surface area contributed by atoms with Gasteiger partial charge in [-0.05, 0) is 41.5 Å². The summed E-state index contributed by atoms with van der Waals surface area (Å²) in [5.74, 6) is 0.852. The second kappa shape index (κ2) is 10.4. The molecular formula is C27H21N3O5S. The monoisotopic (exact) mass is 499 g/mol. The van der Waals surface area contributed by atoms with Gasteiger partial charge in [0.1, 0.15) is 11.5 Å². The molecule has 0 bridgehead atoms. The van der Waals surface area contributed by atoms with Gasteiger partial charge in [0.15, 0.2) is 5.76 Å². The molecule has 0 N–H and O–H groups in total. The summed E-state index contributed by atoms with van der Waals surface area (Å²) in [4.78, 5) is 8.29. The maximum Gasteiger partial charge on any atom is 0.340 e. The van der Waals surface area contributed by atoms with Crippen LogP contribution in [0.15, 0.2) is 113 Å². The first-order valence-electron chi connectivity index (χ1n) is 11.1. The number of nitrogens with zero attached hydrogens (tertiary/aromatic N) is 3. The quantitative estimate of drug-likeness (QED) is 0.259. The van der Waals surface area contributed by atoms with Gasteiger partial charge in [-0.15, -0.1) is 0 Å². The van der Waals surface area contributed by atoms with Crippen LogP contribution in [0.5, 0.6) is 11.8 Å². The summed E-state index contributed by atoms with van der Waals surface area (Å²) >= 11 is 0. The third-order valence-corrected chi connectivity index (χ3v) is 6.48. The molecule has 36 heavy (non-hydrogen) atoms. The van der Waals surface area contributed by atoms with Gasteiger partial charge in [0.25, 0.3) is 0 Å². The zero-order valence-corrected chi connectivity index (χ0v) is 19.8. The van der Waals surface area contributed by atoms with E-state index in [9.17, 15) is 8.42 Å². The molecule has 5 aromatic rings. The molecule has 0 atom stereocenters. The fraction of sp³-hybridized carbons (Fsp3) is 0.0741. The predicted molar refractivity (Wildman–Crippen MR) is 132 cm³/mol.